The van der Waals surface area contributed by atoms with Gasteiger partial charge >= 0.3 is 5.97 Å². The van der Waals surface area contributed by atoms with E-state index in [4.69, 9.17) is 9.47 Å². The first-order chi connectivity index (χ1) is 10.5. The van der Waals surface area contributed by atoms with Gasteiger partial charge in [0.25, 0.3) is 5.91 Å². The molecule has 1 aromatic carbocycles. The maximum atomic E-state index is 12.2. The highest BCUT2D eigenvalue weighted by Gasteiger charge is 2.18. The van der Waals surface area contributed by atoms with Crippen LogP contribution in [0.4, 0.5) is 0 Å². The summed E-state index contributed by atoms with van der Waals surface area (Å²) in [5, 5.41) is 0. The third-order valence-electron chi connectivity index (χ3n) is 3.15. The van der Waals surface area contributed by atoms with Crippen LogP contribution in [0.5, 0.6) is 5.75 Å². The highest BCUT2D eigenvalue weighted by atomic mass is 16.5. The van der Waals surface area contributed by atoms with Gasteiger partial charge in [0.05, 0.1) is 6.61 Å². The van der Waals surface area contributed by atoms with Gasteiger partial charge in [-0.2, -0.15) is 0 Å². The van der Waals surface area contributed by atoms with Gasteiger partial charge in [-0.05, 0) is 38.8 Å². The van der Waals surface area contributed by atoms with Crippen LogP contribution >= 0.6 is 0 Å². The minimum absolute atomic E-state index is 0.0310. The summed E-state index contributed by atoms with van der Waals surface area (Å²) in [5.74, 6) is 0.0808. The molecular formula is C17H25NO4. The highest BCUT2D eigenvalue weighted by Crippen LogP contribution is 2.18. The number of esters is 1. The monoisotopic (exact) mass is 307 g/mol. The molecule has 0 N–H and O–H groups in total. The Balaban J connectivity index is 2.60. The molecule has 0 heterocycles. The van der Waals surface area contributed by atoms with E-state index in [1.165, 1.54) is 4.90 Å². The van der Waals surface area contributed by atoms with Gasteiger partial charge < -0.3 is 14.4 Å². The second-order valence-electron chi connectivity index (χ2n) is 5.18. The van der Waals surface area contributed by atoms with Crippen LogP contribution in [0.25, 0.3) is 0 Å². The van der Waals surface area contributed by atoms with Gasteiger partial charge in [0.15, 0.2) is 6.61 Å². The average molecular weight is 307 g/mol. The summed E-state index contributed by atoms with van der Waals surface area (Å²) < 4.78 is 10.5. The molecule has 0 aliphatic rings. The molecule has 0 atom stereocenters. The zero-order chi connectivity index (χ0) is 16.5. The van der Waals surface area contributed by atoms with Gasteiger partial charge in [0.2, 0.25) is 0 Å². The van der Waals surface area contributed by atoms with Crippen molar-refractivity contribution in [2.24, 2.45) is 0 Å². The minimum atomic E-state index is -0.393. The van der Waals surface area contributed by atoms with Crippen LogP contribution in [0.1, 0.15) is 31.4 Å². The maximum Gasteiger partial charge on any atom is 0.325 e. The van der Waals surface area contributed by atoms with Crippen LogP contribution in [-0.2, 0) is 14.3 Å². The first-order valence-corrected chi connectivity index (χ1v) is 7.61. The normalized spacial score (nSPS) is 10.2. The molecule has 0 fully saturated rings. The summed E-state index contributed by atoms with van der Waals surface area (Å²) in [7, 11) is 0. The van der Waals surface area contributed by atoms with E-state index in [-0.39, 0.29) is 19.1 Å². The summed E-state index contributed by atoms with van der Waals surface area (Å²) in [6.45, 7) is 8.35. The lowest BCUT2D eigenvalue weighted by Crippen LogP contribution is -2.39. The standard InChI is InChI=1S/C17H25NO4/c1-5-9-18(11-17(20)21-6-2)16(19)12-22-15-8-7-13(3)10-14(15)4/h7-8,10H,5-6,9,11-12H2,1-4H3. The van der Waals surface area contributed by atoms with Crippen LogP contribution in [0.15, 0.2) is 18.2 Å². The number of ether oxygens (including phenoxy) is 2. The number of amides is 1. The highest BCUT2D eigenvalue weighted by molar-refractivity contribution is 5.83. The summed E-state index contributed by atoms with van der Waals surface area (Å²) in [5.41, 5.74) is 2.13. The van der Waals surface area contributed by atoms with Crippen molar-refractivity contribution < 1.29 is 19.1 Å². The molecule has 1 aromatic rings. The van der Waals surface area contributed by atoms with E-state index in [1.807, 2.05) is 39.0 Å². The maximum absolute atomic E-state index is 12.2. The number of nitrogens with zero attached hydrogens (tertiary/aromatic N) is 1. The van der Waals surface area contributed by atoms with Gasteiger partial charge in [-0.3, -0.25) is 9.59 Å². The Labute approximate surface area is 132 Å². The van der Waals surface area contributed by atoms with Crippen molar-refractivity contribution in [3.8, 4) is 5.75 Å². The van der Waals surface area contributed by atoms with E-state index in [1.54, 1.807) is 6.92 Å². The molecule has 0 radical (unpaired) electrons. The SMILES string of the molecule is CCCN(CC(=O)OCC)C(=O)COc1ccc(C)cc1C. The first-order valence-electron chi connectivity index (χ1n) is 7.61. The molecule has 5 nitrogen and oxygen atoms in total. The second kappa shape index (κ2) is 9.07. The fraction of sp³-hybridized carbons (Fsp3) is 0.529. The zero-order valence-electron chi connectivity index (χ0n) is 13.8. The van der Waals surface area contributed by atoms with Crippen molar-refractivity contribution >= 4 is 11.9 Å². The Morgan fingerprint density at radius 1 is 1.18 bits per heavy atom. The second-order valence-corrected chi connectivity index (χ2v) is 5.18. The molecule has 0 aliphatic carbocycles. The molecule has 0 saturated heterocycles. The Kier molecular flexibility index (Phi) is 7.43. The van der Waals surface area contributed by atoms with Crippen LogP contribution in [-0.4, -0.2) is 43.1 Å². The third-order valence-corrected chi connectivity index (χ3v) is 3.15. The first kappa shape index (κ1) is 18.0. The van der Waals surface area contributed by atoms with Gasteiger partial charge in [-0.15, -0.1) is 0 Å². The summed E-state index contributed by atoms with van der Waals surface area (Å²) in [6.07, 6.45) is 0.773. The van der Waals surface area contributed by atoms with Crippen LogP contribution in [0.2, 0.25) is 0 Å². The minimum Gasteiger partial charge on any atom is -0.484 e. The molecule has 1 rings (SSSR count). The van der Waals surface area contributed by atoms with E-state index >= 15 is 0 Å². The van der Waals surface area contributed by atoms with Crippen LogP contribution in [0, 0.1) is 13.8 Å². The lowest BCUT2D eigenvalue weighted by Gasteiger charge is -2.21. The molecule has 5 heteroatoms. The van der Waals surface area contributed by atoms with Gasteiger partial charge in [0.1, 0.15) is 12.3 Å². The van der Waals surface area contributed by atoms with Gasteiger partial charge in [-0.25, -0.2) is 0 Å². The molecule has 0 aromatic heterocycles. The summed E-state index contributed by atoms with van der Waals surface area (Å²) in [6, 6.07) is 5.80. The van der Waals surface area contributed by atoms with Crippen molar-refractivity contribution in [2.45, 2.75) is 34.1 Å². The number of hydrogen-bond acceptors (Lipinski definition) is 4. The lowest BCUT2D eigenvalue weighted by atomic mass is 10.1. The largest absolute Gasteiger partial charge is 0.484 e. The number of hydrogen-bond donors (Lipinski definition) is 0. The van der Waals surface area contributed by atoms with E-state index in [0.717, 1.165) is 17.5 Å². The number of rotatable bonds is 8. The molecule has 22 heavy (non-hydrogen) atoms. The van der Waals surface area contributed by atoms with Crippen molar-refractivity contribution in [2.75, 3.05) is 26.3 Å². The van der Waals surface area contributed by atoms with E-state index < -0.39 is 5.97 Å². The van der Waals surface area contributed by atoms with Crippen molar-refractivity contribution in [3.63, 3.8) is 0 Å². The molecule has 122 valence electrons. The Hall–Kier alpha value is -2.04. The Bertz CT molecular complexity index is 513. The van der Waals surface area contributed by atoms with Crippen LogP contribution < -0.4 is 4.74 Å². The molecule has 0 aliphatic heterocycles. The number of carbonyl (C=O) groups excluding carboxylic acids is 2. The Morgan fingerprint density at radius 3 is 2.50 bits per heavy atom. The lowest BCUT2D eigenvalue weighted by molar-refractivity contribution is -0.149. The number of carbonyl (C=O) groups is 2. The third kappa shape index (κ3) is 5.76. The van der Waals surface area contributed by atoms with E-state index in [9.17, 15) is 9.59 Å². The van der Waals surface area contributed by atoms with Crippen molar-refractivity contribution in [3.05, 3.63) is 29.3 Å². The zero-order valence-corrected chi connectivity index (χ0v) is 13.8. The summed E-state index contributed by atoms with van der Waals surface area (Å²) in [4.78, 5) is 25.2. The fourth-order valence-corrected chi connectivity index (χ4v) is 2.12. The number of benzene rings is 1. The molecular weight excluding hydrogens is 282 g/mol. The van der Waals surface area contributed by atoms with E-state index in [2.05, 4.69) is 0 Å². The Morgan fingerprint density at radius 2 is 1.91 bits per heavy atom. The average Bonchev–Trinajstić information content (AvgIpc) is 2.46. The molecule has 1 amide bonds. The molecule has 0 saturated carbocycles. The van der Waals surface area contributed by atoms with E-state index in [0.29, 0.717) is 18.9 Å². The fourth-order valence-electron chi connectivity index (χ4n) is 2.12. The topological polar surface area (TPSA) is 55.8 Å². The molecule has 0 unspecified atom stereocenters. The van der Waals surface area contributed by atoms with Gasteiger partial charge in [0, 0.05) is 6.54 Å². The van der Waals surface area contributed by atoms with Crippen LogP contribution in [0.3, 0.4) is 0 Å². The smallest absolute Gasteiger partial charge is 0.325 e. The predicted molar refractivity (Wildman–Crippen MR) is 84.9 cm³/mol. The van der Waals surface area contributed by atoms with Crippen molar-refractivity contribution in [1.82, 2.24) is 4.90 Å². The number of aryl methyl sites for hydroxylation is 2. The van der Waals surface area contributed by atoms with Crippen molar-refractivity contribution in [1.29, 1.82) is 0 Å². The predicted octanol–water partition coefficient (Wildman–Crippen LogP) is 2.48. The quantitative estimate of drug-likeness (QED) is 0.692. The molecule has 0 spiro atoms. The molecule has 0 bridgehead atoms. The van der Waals surface area contributed by atoms with Gasteiger partial charge in [-0.1, -0.05) is 24.6 Å². The summed E-state index contributed by atoms with van der Waals surface area (Å²) >= 11 is 0.